The second-order valence-electron chi connectivity index (χ2n) is 3.87. The predicted octanol–water partition coefficient (Wildman–Crippen LogP) is 4.35. The Balaban J connectivity index is 1.96. The molecule has 0 spiro atoms. The number of carbonyl (C=O) groups is 1. The molecular formula is C14H10ClF2NOS. The largest absolute Gasteiger partial charge is 0.323 e. The first kappa shape index (κ1) is 14.8. The van der Waals surface area contributed by atoms with E-state index in [0.717, 1.165) is 11.8 Å². The lowest BCUT2D eigenvalue weighted by molar-refractivity contribution is -0.113. The Kier molecular flexibility index (Phi) is 4.98. The van der Waals surface area contributed by atoms with Crippen LogP contribution >= 0.6 is 23.4 Å². The molecule has 0 radical (unpaired) electrons. The number of rotatable bonds is 4. The van der Waals surface area contributed by atoms with Gasteiger partial charge in [0.25, 0.3) is 0 Å². The van der Waals surface area contributed by atoms with Crippen LogP contribution in [0, 0.1) is 11.6 Å². The summed E-state index contributed by atoms with van der Waals surface area (Å²) in [6, 6.07) is 10.5. The Morgan fingerprint density at radius 2 is 1.90 bits per heavy atom. The molecule has 6 heteroatoms. The van der Waals surface area contributed by atoms with Gasteiger partial charge in [-0.25, -0.2) is 8.78 Å². The number of halogens is 3. The van der Waals surface area contributed by atoms with E-state index in [4.69, 9.17) is 11.6 Å². The monoisotopic (exact) mass is 313 g/mol. The summed E-state index contributed by atoms with van der Waals surface area (Å²) < 4.78 is 26.9. The summed E-state index contributed by atoms with van der Waals surface area (Å²) in [6.07, 6.45) is 0. The van der Waals surface area contributed by atoms with Gasteiger partial charge < -0.3 is 5.32 Å². The van der Waals surface area contributed by atoms with Gasteiger partial charge in [0.05, 0.1) is 16.5 Å². The first-order valence-electron chi connectivity index (χ1n) is 5.69. The first-order chi connectivity index (χ1) is 9.58. The Morgan fingerprint density at radius 3 is 2.65 bits per heavy atom. The molecule has 0 aliphatic rings. The molecule has 1 N–H and O–H groups in total. The van der Waals surface area contributed by atoms with E-state index in [1.165, 1.54) is 24.3 Å². The summed E-state index contributed by atoms with van der Waals surface area (Å²) >= 11 is 6.65. The zero-order chi connectivity index (χ0) is 14.5. The fourth-order valence-corrected chi connectivity index (χ4v) is 2.41. The molecule has 2 rings (SSSR count). The number of benzene rings is 2. The summed E-state index contributed by atoms with van der Waals surface area (Å²) in [7, 11) is 0. The van der Waals surface area contributed by atoms with E-state index >= 15 is 0 Å². The Hall–Kier alpha value is -1.59. The van der Waals surface area contributed by atoms with Crippen LogP contribution in [0.15, 0.2) is 47.4 Å². The molecule has 0 aliphatic heterocycles. The van der Waals surface area contributed by atoms with Crippen LogP contribution in [0.2, 0.25) is 5.02 Å². The molecule has 2 nitrogen and oxygen atoms in total. The molecule has 2 aromatic rings. The minimum atomic E-state index is -0.682. The van der Waals surface area contributed by atoms with Gasteiger partial charge in [0.1, 0.15) is 5.82 Å². The van der Waals surface area contributed by atoms with Gasteiger partial charge in [-0.2, -0.15) is 0 Å². The molecule has 0 fully saturated rings. The van der Waals surface area contributed by atoms with Gasteiger partial charge >= 0.3 is 0 Å². The molecular weight excluding hydrogens is 304 g/mol. The number of nitrogens with one attached hydrogen (secondary N) is 1. The summed E-state index contributed by atoms with van der Waals surface area (Å²) in [5, 5.41) is 2.33. The second kappa shape index (κ2) is 6.72. The van der Waals surface area contributed by atoms with Gasteiger partial charge in [-0.15, -0.1) is 11.8 Å². The van der Waals surface area contributed by atoms with Crippen molar-refractivity contribution in [2.75, 3.05) is 11.1 Å². The highest BCUT2D eigenvalue weighted by Gasteiger charge is 2.11. The summed E-state index contributed by atoms with van der Waals surface area (Å²) in [6.45, 7) is 0. The lowest BCUT2D eigenvalue weighted by atomic mass is 10.3. The van der Waals surface area contributed by atoms with Crippen molar-refractivity contribution in [1.82, 2.24) is 0 Å². The number of hydrogen-bond acceptors (Lipinski definition) is 2. The second-order valence-corrected chi connectivity index (χ2v) is 5.29. The van der Waals surface area contributed by atoms with Crippen LogP contribution in [0.1, 0.15) is 0 Å². The van der Waals surface area contributed by atoms with E-state index in [2.05, 4.69) is 5.32 Å². The molecule has 0 bridgehead atoms. The van der Waals surface area contributed by atoms with Crippen LogP contribution in [0.5, 0.6) is 0 Å². The van der Waals surface area contributed by atoms with Gasteiger partial charge in [-0.1, -0.05) is 29.8 Å². The van der Waals surface area contributed by atoms with Gasteiger partial charge in [0, 0.05) is 4.90 Å². The van der Waals surface area contributed by atoms with E-state index in [1.807, 2.05) is 0 Å². The smallest absolute Gasteiger partial charge is 0.234 e. The summed E-state index contributed by atoms with van der Waals surface area (Å²) in [5.41, 5.74) is 0.0108. The maximum atomic E-state index is 13.6. The van der Waals surface area contributed by atoms with Crippen molar-refractivity contribution in [3.63, 3.8) is 0 Å². The van der Waals surface area contributed by atoms with Crippen molar-refractivity contribution < 1.29 is 13.6 Å². The fraction of sp³-hybridized carbons (Fsp3) is 0.0714. The zero-order valence-corrected chi connectivity index (χ0v) is 11.8. The van der Waals surface area contributed by atoms with Gasteiger partial charge in [0.2, 0.25) is 5.91 Å². The van der Waals surface area contributed by atoms with Crippen molar-refractivity contribution in [3.8, 4) is 0 Å². The van der Waals surface area contributed by atoms with Gasteiger partial charge in [0.15, 0.2) is 5.82 Å². The zero-order valence-electron chi connectivity index (χ0n) is 10.2. The molecule has 1 amide bonds. The number of thioether (sulfide) groups is 1. The third-order valence-electron chi connectivity index (χ3n) is 2.42. The number of amides is 1. The highest BCUT2D eigenvalue weighted by atomic mass is 35.5. The Labute approximate surface area is 124 Å². The van der Waals surface area contributed by atoms with Crippen molar-refractivity contribution in [2.24, 2.45) is 0 Å². The van der Waals surface area contributed by atoms with Crippen LogP contribution in [0.4, 0.5) is 14.5 Å². The topological polar surface area (TPSA) is 29.1 Å². The summed E-state index contributed by atoms with van der Waals surface area (Å²) in [5.74, 6) is -1.52. The van der Waals surface area contributed by atoms with Crippen molar-refractivity contribution >= 4 is 35.0 Å². The predicted molar refractivity (Wildman–Crippen MR) is 77.2 cm³/mol. The highest BCUT2D eigenvalue weighted by molar-refractivity contribution is 8.00. The third kappa shape index (κ3) is 3.71. The fourth-order valence-electron chi connectivity index (χ4n) is 1.49. The molecule has 0 aliphatic carbocycles. The lowest BCUT2D eigenvalue weighted by Crippen LogP contribution is -2.15. The van der Waals surface area contributed by atoms with Crippen LogP contribution in [0.3, 0.4) is 0 Å². The van der Waals surface area contributed by atoms with Crippen molar-refractivity contribution in [1.29, 1.82) is 0 Å². The normalized spacial score (nSPS) is 10.3. The molecule has 0 heterocycles. The van der Waals surface area contributed by atoms with Gasteiger partial charge in [-0.3, -0.25) is 4.79 Å². The minimum Gasteiger partial charge on any atom is -0.323 e. The quantitative estimate of drug-likeness (QED) is 0.850. The van der Waals surface area contributed by atoms with Crippen LogP contribution < -0.4 is 5.32 Å². The van der Waals surface area contributed by atoms with E-state index < -0.39 is 11.7 Å². The van der Waals surface area contributed by atoms with E-state index in [0.29, 0.717) is 4.90 Å². The Morgan fingerprint density at radius 1 is 1.15 bits per heavy atom. The third-order valence-corrected chi connectivity index (χ3v) is 3.76. The highest BCUT2D eigenvalue weighted by Crippen LogP contribution is 2.24. The molecule has 20 heavy (non-hydrogen) atoms. The van der Waals surface area contributed by atoms with Crippen LogP contribution in [0.25, 0.3) is 0 Å². The molecule has 0 saturated heterocycles. The maximum Gasteiger partial charge on any atom is 0.234 e. The average Bonchev–Trinajstić information content (AvgIpc) is 2.43. The number of anilines is 1. The van der Waals surface area contributed by atoms with Gasteiger partial charge in [-0.05, 0) is 24.3 Å². The molecule has 0 aromatic heterocycles. The van der Waals surface area contributed by atoms with Crippen molar-refractivity contribution in [2.45, 2.75) is 4.90 Å². The first-order valence-corrected chi connectivity index (χ1v) is 7.05. The Bertz CT molecular complexity index is 636. The van der Waals surface area contributed by atoms with Crippen LogP contribution in [-0.4, -0.2) is 11.7 Å². The van der Waals surface area contributed by atoms with E-state index in [1.54, 1.807) is 18.2 Å². The molecule has 104 valence electrons. The lowest BCUT2D eigenvalue weighted by Gasteiger charge is -2.07. The van der Waals surface area contributed by atoms with E-state index in [-0.39, 0.29) is 22.3 Å². The molecule has 2 aromatic carbocycles. The minimum absolute atomic E-state index is 0.0108. The number of hydrogen-bond donors (Lipinski definition) is 1. The maximum absolute atomic E-state index is 13.6. The summed E-state index contributed by atoms with van der Waals surface area (Å²) in [4.78, 5) is 12.1. The standard InChI is InChI=1S/C14H10ClF2NOS/c15-9-4-3-6-11(14(9)17)18-13(19)8-20-12-7-2-1-5-10(12)16/h1-7H,8H2,(H,18,19). The molecule has 0 saturated carbocycles. The van der Waals surface area contributed by atoms with E-state index in [9.17, 15) is 13.6 Å². The number of carbonyl (C=O) groups excluding carboxylic acids is 1. The van der Waals surface area contributed by atoms with Crippen LogP contribution in [-0.2, 0) is 4.79 Å². The molecule has 0 unspecified atom stereocenters. The average molecular weight is 314 g/mol. The molecule has 0 atom stereocenters. The SMILES string of the molecule is O=C(CSc1ccccc1F)Nc1cccc(Cl)c1F. The van der Waals surface area contributed by atoms with Crippen molar-refractivity contribution in [3.05, 3.63) is 59.1 Å².